The zero-order valence-corrected chi connectivity index (χ0v) is 17.2. The number of nitrogens with zero attached hydrogens (tertiary/aromatic N) is 1. The summed E-state index contributed by atoms with van der Waals surface area (Å²) < 4.78 is 5.15. The summed E-state index contributed by atoms with van der Waals surface area (Å²) in [6.45, 7) is 4.46. The van der Waals surface area contributed by atoms with Gasteiger partial charge in [0.05, 0.1) is 17.8 Å². The van der Waals surface area contributed by atoms with Crippen LogP contribution in [0.25, 0.3) is 11.3 Å². The molecule has 0 spiro atoms. The zero-order chi connectivity index (χ0) is 19.9. The summed E-state index contributed by atoms with van der Waals surface area (Å²) in [5.41, 5.74) is 4.13. The van der Waals surface area contributed by atoms with E-state index in [4.69, 9.17) is 4.74 Å². The molecule has 6 heteroatoms. The molecule has 3 aromatic rings. The SMILES string of the molecule is COc1ccc(CCNC(=O)C(C)Nc2ccc(-c3csc(C)n3)cc2)cc1. The fourth-order valence-electron chi connectivity index (χ4n) is 2.82. The molecule has 0 bridgehead atoms. The Morgan fingerprint density at radius 2 is 1.86 bits per heavy atom. The summed E-state index contributed by atoms with van der Waals surface area (Å²) in [5.74, 6) is 0.814. The number of carbonyl (C=O) groups excluding carboxylic acids is 1. The van der Waals surface area contributed by atoms with Crippen molar-refractivity contribution in [2.45, 2.75) is 26.3 Å². The average Bonchev–Trinajstić information content (AvgIpc) is 3.15. The number of ether oxygens (including phenoxy) is 1. The first kappa shape index (κ1) is 19.9. The summed E-state index contributed by atoms with van der Waals surface area (Å²) in [6.07, 6.45) is 0.782. The number of rotatable bonds is 8. The highest BCUT2D eigenvalue weighted by Crippen LogP contribution is 2.23. The molecule has 0 radical (unpaired) electrons. The van der Waals surface area contributed by atoms with E-state index in [2.05, 4.69) is 21.0 Å². The molecule has 0 aliphatic heterocycles. The quantitative estimate of drug-likeness (QED) is 0.597. The first-order valence-electron chi connectivity index (χ1n) is 9.25. The van der Waals surface area contributed by atoms with E-state index in [-0.39, 0.29) is 11.9 Å². The van der Waals surface area contributed by atoms with Gasteiger partial charge < -0.3 is 15.4 Å². The molecule has 1 unspecified atom stereocenters. The van der Waals surface area contributed by atoms with Crippen LogP contribution in [0, 0.1) is 6.92 Å². The van der Waals surface area contributed by atoms with Gasteiger partial charge in [0.2, 0.25) is 5.91 Å². The highest BCUT2D eigenvalue weighted by atomic mass is 32.1. The lowest BCUT2D eigenvalue weighted by molar-refractivity contribution is -0.121. The van der Waals surface area contributed by atoms with Gasteiger partial charge in [-0.2, -0.15) is 0 Å². The van der Waals surface area contributed by atoms with Gasteiger partial charge in [0.15, 0.2) is 0 Å². The van der Waals surface area contributed by atoms with Crippen LogP contribution in [0.2, 0.25) is 0 Å². The molecule has 1 aromatic heterocycles. The maximum atomic E-state index is 12.3. The number of hydrogen-bond donors (Lipinski definition) is 2. The van der Waals surface area contributed by atoms with Crippen molar-refractivity contribution in [3.63, 3.8) is 0 Å². The third kappa shape index (κ3) is 5.33. The highest BCUT2D eigenvalue weighted by Gasteiger charge is 2.12. The largest absolute Gasteiger partial charge is 0.497 e. The minimum absolute atomic E-state index is 0.0206. The van der Waals surface area contributed by atoms with Crippen molar-refractivity contribution in [3.05, 3.63) is 64.5 Å². The molecule has 3 rings (SSSR count). The van der Waals surface area contributed by atoms with Gasteiger partial charge in [0.1, 0.15) is 11.8 Å². The molecule has 1 amide bonds. The molecule has 0 aliphatic rings. The number of nitrogens with one attached hydrogen (secondary N) is 2. The number of anilines is 1. The van der Waals surface area contributed by atoms with E-state index in [1.807, 2.05) is 62.4 Å². The molecule has 2 N–H and O–H groups in total. The summed E-state index contributed by atoms with van der Waals surface area (Å²) in [7, 11) is 1.65. The van der Waals surface area contributed by atoms with Gasteiger partial charge in [0.25, 0.3) is 0 Å². The second-order valence-electron chi connectivity index (χ2n) is 6.58. The maximum absolute atomic E-state index is 12.3. The van der Waals surface area contributed by atoms with E-state index in [0.717, 1.165) is 39.7 Å². The van der Waals surface area contributed by atoms with Crippen molar-refractivity contribution in [1.29, 1.82) is 0 Å². The third-order valence-electron chi connectivity index (χ3n) is 4.45. The fraction of sp³-hybridized carbons (Fsp3) is 0.273. The van der Waals surface area contributed by atoms with E-state index in [1.165, 1.54) is 0 Å². The molecular weight excluding hydrogens is 370 g/mol. The lowest BCUT2D eigenvalue weighted by Gasteiger charge is -2.15. The number of thiazole rings is 1. The molecule has 1 atom stereocenters. The Labute approximate surface area is 169 Å². The molecule has 2 aromatic carbocycles. The molecule has 0 fully saturated rings. The number of methoxy groups -OCH3 is 1. The standard InChI is InChI=1S/C22H25N3O2S/c1-15(22(26)23-13-12-17-4-10-20(27-3)11-5-17)24-19-8-6-18(7-9-19)21-14-28-16(2)25-21/h4-11,14-15,24H,12-13H2,1-3H3,(H,23,26). The fourth-order valence-corrected chi connectivity index (χ4v) is 3.45. The average molecular weight is 396 g/mol. The van der Waals surface area contributed by atoms with E-state index in [1.54, 1.807) is 18.4 Å². The van der Waals surface area contributed by atoms with Gasteiger partial charge in [-0.3, -0.25) is 4.79 Å². The number of carbonyl (C=O) groups is 1. The Morgan fingerprint density at radius 3 is 2.46 bits per heavy atom. The van der Waals surface area contributed by atoms with Gasteiger partial charge in [-0.15, -0.1) is 11.3 Å². The normalized spacial score (nSPS) is 11.7. The monoisotopic (exact) mass is 395 g/mol. The summed E-state index contributed by atoms with van der Waals surface area (Å²) >= 11 is 1.64. The van der Waals surface area contributed by atoms with Gasteiger partial charge in [0, 0.05) is 23.2 Å². The third-order valence-corrected chi connectivity index (χ3v) is 5.22. The smallest absolute Gasteiger partial charge is 0.242 e. The Bertz CT molecular complexity index is 904. The molecule has 1 heterocycles. The van der Waals surface area contributed by atoms with Crippen LogP contribution in [0.4, 0.5) is 5.69 Å². The van der Waals surface area contributed by atoms with Crippen molar-refractivity contribution < 1.29 is 9.53 Å². The first-order valence-corrected chi connectivity index (χ1v) is 10.1. The van der Waals surface area contributed by atoms with Gasteiger partial charge in [-0.1, -0.05) is 24.3 Å². The Balaban J connectivity index is 1.46. The van der Waals surface area contributed by atoms with Crippen LogP contribution in [0.3, 0.4) is 0 Å². The number of aromatic nitrogens is 1. The second-order valence-corrected chi connectivity index (χ2v) is 7.65. The maximum Gasteiger partial charge on any atom is 0.242 e. The Kier molecular flexibility index (Phi) is 6.66. The molecule has 0 saturated carbocycles. The predicted molar refractivity (Wildman–Crippen MR) is 115 cm³/mol. The van der Waals surface area contributed by atoms with Gasteiger partial charge in [-0.25, -0.2) is 4.98 Å². The number of aryl methyl sites for hydroxylation is 1. The minimum atomic E-state index is -0.316. The molecule has 146 valence electrons. The van der Waals surface area contributed by atoms with Crippen LogP contribution in [-0.4, -0.2) is 30.6 Å². The van der Waals surface area contributed by atoms with Gasteiger partial charge in [-0.05, 0) is 50.1 Å². The van der Waals surface area contributed by atoms with E-state index in [9.17, 15) is 4.79 Å². The molecular formula is C22H25N3O2S. The van der Waals surface area contributed by atoms with Crippen LogP contribution < -0.4 is 15.4 Å². The van der Waals surface area contributed by atoms with Gasteiger partial charge >= 0.3 is 0 Å². The number of benzene rings is 2. The molecule has 28 heavy (non-hydrogen) atoms. The molecule has 0 saturated heterocycles. The van der Waals surface area contributed by atoms with E-state index in [0.29, 0.717) is 6.54 Å². The topological polar surface area (TPSA) is 63.2 Å². The summed E-state index contributed by atoms with van der Waals surface area (Å²) in [4.78, 5) is 16.8. The lowest BCUT2D eigenvalue weighted by atomic mass is 10.1. The number of hydrogen-bond acceptors (Lipinski definition) is 5. The zero-order valence-electron chi connectivity index (χ0n) is 16.4. The van der Waals surface area contributed by atoms with E-state index < -0.39 is 0 Å². The summed E-state index contributed by atoms with van der Waals surface area (Å²) in [5, 5.41) is 9.33. The minimum Gasteiger partial charge on any atom is -0.497 e. The van der Waals surface area contributed by atoms with Crippen molar-refractivity contribution >= 4 is 22.9 Å². The van der Waals surface area contributed by atoms with Crippen LogP contribution in [0.5, 0.6) is 5.75 Å². The molecule has 5 nitrogen and oxygen atoms in total. The van der Waals surface area contributed by atoms with Crippen molar-refractivity contribution in [1.82, 2.24) is 10.3 Å². The Hall–Kier alpha value is -2.86. The molecule has 0 aliphatic carbocycles. The lowest BCUT2D eigenvalue weighted by Crippen LogP contribution is -2.38. The van der Waals surface area contributed by atoms with Crippen LogP contribution in [0.1, 0.15) is 17.5 Å². The summed E-state index contributed by atoms with van der Waals surface area (Å²) in [6, 6.07) is 15.6. The second kappa shape index (κ2) is 9.37. The van der Waals surface area contributed by atoms with Crippen LogP contribution in [0.15, 0.2) is 53.9 Å². The van der Waals surface area contributed by atoms with Crippen molar-refractivity contribution in [2.75, 3.05) is 19.0 Å². The highest BCUT2D eigenvalue weighted by molar-refractivity contribution is 7.09. The van der Waals surface area contributed by atoms with Crippen molar-refractivity contribution in [3.8, 4) is 17.0 Å². The Morgan fingerprint density at radius 1 is 1.14 bits per heavy atom. The number of amides is 1. The van der Waals surface area contributed by atoms with E-state index >= 15 is 0 Å². The first-order chi connectivity index (χ1) is 13.5. The van der Waals surface area contributed by atoms with Crippen LogP contribution in [-0.2, 0) is 11.2 Å². The van der Waals surface area contributed by atoms with Crippen molar-refractivity contribution in [2.24, 2.45) is 0 Å². The van der Waals surface area contributed by atoms with Crippen LogP contribution >= 0.6 is 11.3 Å². The predicted octanol–water partition coefficient (Wildman–Crippen LogP) is 4.29.